The summed E-state index contributed by atoms with van der Waals surface area (Å²) in [6, 6.07) is 2.38. The van der Waals surface area contributed by atoms with E-state index in [9.17, 15) is 18.0 Å². The van der Waals surface area contributed by atoms with Crippen molar-refractivity contribution >= 4 is 11.6 Å². The van der Waals surface area contributed by atoms with E-state index in [0.717, 1.165) is 42.7 Å². The van der Waals surface area contributed by atoms with Crippen molar-refractivity contribution in [2.75, 3.05) is 6.54 Å². The number of fused-ring (bicyclic) bond motifs is 1. The Morgan fingerprint density at radius 1 is 1.21 bits per heavy atom. The number of carbonyl (C=O) groups is 1. The van der Waals surface area contributed by atoms with Gasteiger partial charge in [-0.2, -0.15) is 18.3 Å². The molecule has 1 aliphatic carbocycles. The highest BCUT2D eigenvalue weighted by Crippen LogP contribution is 2.35. The predicted molar refractivity (Wildman–Crippen MR) is 102 cm³/mol. The van der Waals surface area contributed by atoms with Gasteiger partial charge in [-0.1, -0.05) is 19.1 Å². The van der Waals surface area contributed by atoms with E-state index in [-0.39, 0.29) is 23.5 Å². The molecule has 156 valence electrons. The molecule has 8 heteroatoms. The summed E-state index contributed by atoms with van der Waals surface area (Å²) in [7, 11) is 0. The van der Waals surface area contributed by atoms with Crippen LogP contribution in [0.3, 0.4) is 0 Å². The number of carbonyl (C=O) groups excluding carboxylic acids is 1. The first-order chi connectivity index (χ1) is 13.9. The standard InChI is InChI=1S/C21H25F3N4O/c1-2-15-12-18(21(22,23)24)28-19(25-15)13-16(26-28)17-10-6-7-11-27(17)20(29)14-8-4-3-5-9-14/h3-4,12-14,17H,2,5-11H2,1H3. The Bertz CT molecular complexity index is 934. The maximum Gasteiger partial charge on any atom is 0.433 e. The van der Waals surface area contributed by atoms with Crippen LogP contribution in [0.1, 0.15) is 68.6 Å². The van der Waals surface area contributed by atoms with E-state index in [4.69, 9.17) is 0 Å². The predicted octanol–water partition coefficient (Wildman–Crippen LogP) is 4.72. The molecule has 1 aliphatic heterocycles. The minimum Gasteiger partial charge on any atom is -0.334 e. The first kappa shape index (κ1) is 19.9. The number of hydrogen-bond donors (Lipinski definition) is 0. The summed E-state index contributed by atoms with van der Waals surface area (Å²) >= 11 is 0. The normalized spacial score (nSPS) is 23.0. The number of rotatable bonds is 3. The molecule has 0 saturated carbocycles. The number of aromatic nitrogens is 3. The third-order valence-electron chi connectivity index (χ3n) is 5.90. The van der Waals surface area contributed by atoms with Crippen LogP contribution in [0.25, 0.3) is 5.65 Å². The van der Waals surface area contributed by atoms with Gasteiger partial charge in [-0.25, -0.2) is 9.50 Å². The number of amides is 1. The molecule has 2 unspecified atom stereocenters. The smallest absolute Gasteiger partial charge is 0.334 e. The van der Waals surface area contributed by atoms with Gasteiger partial charge in [0.15, 0.2) is 5.65 Å². The van der Waals surface area contributed by atoms with E-state index in [1.165, 1.54) is 0 Å². The van der Waals surface area contributed by atoms with E-state index >= 15 is 0 Å². The molecule has 4 rings (SSSR count). The minimum absolute atomic E-state index is 0.0480. The second-order valence-corrected chi connectivity index (χ2v) is 7.85. The Hall–Kier alpha value is -2.38. The largest absolute Gasteiger partial charge is 0.433 e. The first-order valence-electron chi connectivity index (χ1n) is 10.3. The molecule has 0 radical (unpaired) electrons. The van der Waals surface area contributed by atoms with E-state index in [1.54, 1.807) is 13.0 Å². The number of halogens is 3. The van der Waals surface area contributed by atoms with Crippen molar-refractivity contribution < 1.29 is 18.0 Å². The number of likely N-dealkylation sites (tertiary alicyclic amines) is 1. The van der Waals surface area contributed by atoms with Crippen molar-refractivity contribution in [2.24, 2.45) is 5.92 Å². The van der Waals surface area contributed by atoms with Crippen molar-refractivity contribution in [3.8, 4) is 0 Å². The van der Waals surface area contributed by atoms with Crippen LogP contribution in [0, 0.1) is 5.92 Å². The van der Waals surface area contributed by atoms with Crippen molar-refractivity contribution in [1.82, 2.24) is 19.5 Å². The number of allylic oxidation sites excluding steroid dienone is 2. The van der Waals surface area contributed by atoms with Crippen LogP contribution in [0.2, 0.25) is 0 Å². The lowest BCUT2D eigenvalue weighted by Crippen LogP contribution is -2.42. The summed E-state index contributed by atoms with van der Waals surface area (Å²) in [5.74, 6) is 0.0440. The number of hydrogen-bond acceptors (Lipinski definition) is 3. The molecule has 0 bridgehead atoms. The lowest BCUT2D eigenvalue weighted by molar-refractivity contribution is -0.143. The molecule has 3 heterocycles. The van der Waals surface area contributed by atoms with Gasteiger partial charge < -0.3 is 4.90 Å². The van der Waals surface area contributed by atoms with Gasteiger partial charge in [0.1, 0.15) is 5.69 Å². The molecule has 2 atom stereocenters. The molecular formula is C21H25F3N4O. The zero-order valence-corrected chi connectivity index (χ0v) is 16.5. The Kier molecular flexibility index (Phi) is 5.36. The fraction of sp³-hybridized carbons (Fsp3) is 0.571. The molecular weight excluding hydrogens is 381 g/mol. The lowest BCUT2D eigenvalue weighted by Gasteiger charge is -2.37. The van der Waals surface area contributed by atoms with Crippen LogP contribution in [0.15, 0.2) is 24.3 Å². The van der Waals surface area contributed by atoms with E-state index in [1.807, 2.05) is 11.0 Å². The van der Waals surface area contributed by atoms with Crippen LogP contribution < -0.4 is 0 Å². The Balaban J connectivity index is 1.72. The number of alkyl halides is 3. The molecule has 0 spiro atoms. The maximum atomic E-state index is 13.6. The maximum absolute atomic E-state index is 13.6. The summed E-state index contributed by atoms with van der Waals surface area (Å²) in [5.41, 5.74) is 0.236. The summed E-state index contributed by atoms with van der Waals surface area (Å²) in [4.78, 5) is 19.3. The first-order valence-corrected chi connectivity index (χ1v) is 10.3. The highest BCUT2D eigenvalue weighted by atomic mass is 19.4. The highest BCUT2D eigenvalue weighted by Gasteiger charge is 2.37. The van der Waals surface area contributed by atoms with Crippen LogP contribution in [0.5, 0.6) is 0 Å². The minimum atomic E-state index is -4.52. The molecule has 2 aromatic rings. The Labute approximate surface area is 167 Å². The van der Waals surface area contributed by atoms with Crippen LogP contribution in [-0.4, -0.2) is 31.9 Å². The van der Waals surface area contributed by atoms with Crippen molar-refractivity contribution in [3.05, 3.63) is 41.4 Å². The quantitative estimate of drug-likeness (QED) is 0.693. The third kappa shape index (κ3) is 3.89. The molecule has 2 aliphatic rings. The third-order valence-corrected chi connectivity index (χ3v) is 5.90. The summed E-state index contributed by atoms with van der Waals surface area (Å²) in [6.45, 7) is 2.40. The fourth-order valence-electron chi connectivity index (χ4n) is 4.35. The van der Waals surface area contributed by atoms with Gasteiger partial charge >= 0.3 is 6.18 Å². The van der Waals surface area contributed by atoms with E-state index < -0.39 is 11.9 Å². The van der Waals surface area contributed by atoms with Gasteiger partial charge in [0, 0.05) is 24.2 Å². The zero-order chi connectivity index (χ0) is 20.6. The zero-order valence-electron chi connectivity index (χ0n) is 16.5. The van der Waals surface area contributed by atoms with Crippen molar-refractivity contribution in [1.29, 1.82) is 0 Å². The Morgan fingerprint density at radius 3 is 2.72 bits per heavy atom. The molecule has 1 amide bonds. The van der Waals surface area contributed by atoms with Crippen LogP contribution in [0.4, 0.5) is 13.2 Å². The van der Waals surface area contributed by atoms with Gasteiger partial charge in [-0.15, -0.1) is 0 Å². The Morgan fingerprint density at radius 2 is 2.03 bits per heavy atom. The summed E-state index contributed by atoms with van der Waals surface area (Å²) in [5, 5.41) is 4.28. The van der Waals surface area contributed by atoms with Crippen molar-refractivity contribution in [2.45, 2.75) is 64.1 Å². The SMILES string of the molecule is CCc1cc(C(F)(F)F)n2nc(C3CCCCN3C(=O)C3CC=CCC3)cc2n1. The van der Waals surface area contributed by atoms with Gasteiger partial charge in [-0.05, 0) is 51.0 Å². The average molecular weight is 406 g/mol. The summed E-state index contributed by atoms with van der Waals surface area (Å²) in [6.07, 6.45) is 5.00. The molecule has 29 heavy (non-hydrogen) atoms. The van der Waals surface area contributed by atoms with Gasteiger partial charge in [0.2, 0.25) is 5.91 Å². The molecule has 5 nitrogen and oxygen atoms in total. The summed E-state index contributed by atoms with van der Waals surface area (Å²) < 4.78 is 41.6. The topological polar surface area (TPSA) is 50.5 Å². The monoisotopic (exact) mass is 406 g/mol. The van der Waals surface area contributed by atoms with Crippen molar-refractivity contribution in [3.63, 3.8) is 0 Å². The molecule has 0 aromatic carbocycles. The molecule has 0 N–H and O–H groups in total. The number of aryl methyl sites for hydroxylation is 1. The average Bonchev–Trinajstić information content (AvgIpc) is 3.16. The van der Waals surface area contributed by atoms with Gasteiger partial charge in [-0.3, -0.25) is 4.79 Å². The lowest BCUT2D eigenvalue weighted by atomic mass is 9.90. The molecule has 2 aromatic heterocycles. The second-order valence-electron chi connectivity index (χ2n) is 7.85. The molecule has 1 saturated heterocycles. The van der Waals surface area contributed by atoms with Gasteiger partial charge in [0.25, 0.3) is 0 Å². The number of nitrogens with zero attached hydrogens (tertiary/aromatic N) is 4. The molecule has 1 fully saturated rings. The van der Waals surface area contributed by atoms with E-state index in [2.05, 4.69) is 16.2 Å². The number of piperidine rings is 1. The fourth-order valence-corrected chi connectivity index (χ4v) is 4.35. The van der Waals surface area contributed by atoms with Crippen LogP contribution in [-0.2, 0) is 17.4 Å². The van der Waals surface area contributed by atoms with Gasteiger partial charge in [0.05, 0.1) is 11.7 Å². The second kappa shape index (κ2) is 7.80. The highest BCUT2D eigenvalue weighted by molar-refractivity contribution is 5.79. The van der Waals surface area contributed by atoms with E-state index in [0.29, 0.717) is 30.8 Å². The van der Waals surface area contributed by atoms with Crippen LogP contribution >= 0.6 is 0 Å².